The predicted molar refractivity (Wildman–Crippen MR) is 115 cm³/mol. The Hall–Kier alpha value is -3.01. The number of allylic oxidation sites excluding steroid dienone is 5. The second-order valence-corrected chi connectivity index (χ2v) is 8.83. The summed E-state index contributed by atoms with van der Waals surface area (Å²) in [6, 6.07) is 22.9. The topological polar surface area (TPSA) is 47.6 Å². The Bertz CT molecular complexity index is 995. The number of benzene rings is 2. The Labute approximate surface area is 171 Å². The zero-order valence-electron chi connectivity index (χ0n) is 16.1. The van der Waals surface area contributed by atoms with E-state index in [0.717, 1.165) is 29.6 Å². The molecule has 0 amide bonds. The zero-order valence-corrected chi connectivity index (χ0v) is 17.0. The highest BCUT2D eigenvalue weighted by Crippen LogP contribution is 2.39. The van der Waals surface area contributed by atoms with E-state index in [1.165, 1.54) is 9.79 Å². The molecular weight excluding hydrogens is 360 g/mol. The van der Waals surface area contributed by atoms with Crippen molar-refractivity contribution in [2.75, 3.05) is 0 Å². The van der Waals surface area contributed by atoms with Crippen molar-refractivity contribution in [3.05, 3.63) is 89.0 Å². The van der Waals surface area contributed by atoms with E-state index in [0.29, 0.717) is 0 Å². The summed E-state index contributed by atoms with van der Waals surface area (Å²) in [4.78, 5) is 2.43. The molecule has 1 aliphatic carbocycles. The number of rotatable bonds is 4. The molecule has 3 rings (SSSR count). The third-order valence-electron chi connectivity index (χ3n) is 4.60. The van der Waals surface area contributed by atoms with E-state index in [2.05, 4.69) is 62.4 Å². The molecule has 2 nitrogen and oxygen atoms in total. The van der Waals surface area contributed by atoms with Gasteiger partial charge in [0.1, 0.15) is 17.7 Å². The van der Waals surface area contributed by atoms with E-state index in [-0.39, 0.29) is 11.0 Å². The smallest absolute Gasteiger partial charge is 0.132 e. The minimum absolute atomic E-state index is 0.0406. The van der Waals surface area contributed by atoms with Gasteiger partial charge in [-0.1, -0.05) is 74.2 Å². The molecule has 0 fully saturated rings. The maximum atomic E-state index is 9.19. The van der Waals surface area contributed by atoms with E-state index >= 15 is 0 Å². The molecule has 0 heterocycles. The van der Waals surface area contributed by atoms with Crippen LogP contribution in [0.5, 0.6) is 0 Å². The minimum Gasteiger partial charge on any atom is -0.192 e. The lowest BCUT2D eigenvalue weighted by atomic mass is 9.74. The molecule has 0 atom stereocenters. The van der Waals surface area contributed by atoms with E-state index in [4.69, 9.17) is 0 Å². The Morgan fingerprint density at radius 1 is 0.893 bits per heavy atom. The van der Waals surface area contributed by atoms with E-state index in [9.17, 15) is 10.5 Å². The van der Waals surface area contributed by atoms with Crippen molar-refractivity contribution in [1.82, 2.24) is 0 Å². The summed E-state index contributed by atoms with van der Waals surface area (Å²) in [6.07, 6.45) is 7.89. The average Bonchev–Trinajstić information content (AvgIpc) is 2.68. The first kappa shape index (κ1) is 19.7. The van der Waals surface area contributed by atoms with Crippen LogP contribution in [0.3, 0.4) is 0 Å². The molecule has 2 aromatic rings. The molecule has 0 unspecified atom stereocenters. The van der Waals surface area contributed by atoms with Gasteiger partial charge in [-0.3, -0.25) is 0 Å². The van der Waals surface area contributed by atoms with Gasteiger partial charge in [-0.15, -0.1) is 0 Å². The second-order valence-electron chi connectivity index (χ2n) is 7.68. The van der Waals surface area contributed by atoms with Gasteiger partial charge in [0.05, 0.1) is 0 Å². The van der Waals surface area contributed by atoms with Gasteiger partial charge in [0.2, 0.25) is 0 Å². The first-order valence-corrected chi connectivity index (χ1v) is 10.1. The minimum atomic E-state index is 0.0406. The number of hydrogen-bond acceptors (Lipinski definition) is 3. The largest absolute Gasteiger partial charge is 0.192 e. The summed E-state index contributed by atoms with van der Waals surface area (Å²) in [5.74, 6) is 0. The van der Waals surface area contributed by atoms with Crippen LogP contribution in [0, 0.1) is 28.1 Å². The molecule has 138 valence electrons. The molecule has 1 aliphatic rings. The number of nitrogens with zero attached hydrogens (tertiary/aromatic N) is 2. The van der Waals surface area contributed by atoms with Crippen LogP contribution in [0.25, 0.3) is 6.08 Å². The Balaban J connectivity index is 1.76. The molecule has 3 heteroatoms. The van der Waals surface area contributed by atoms with Crippen molar-refractivity contribution in [2.24, 2.45) is 5.41 Å². The van der Waals surface area contributed by atoms with Gasteiger partial charge < -0.3 is 0 Å². The number of nitriles is 2. The van der Waals surface area contributed by atoms with Gasteiger partial charge in [-0.05, 0) is 59.2 Å². The summed E-state index contributed by atoms with van der Waals surface area (Å²) in [5, 5.41) is 18.4. The zero-order chi connectivity index (χ0) is 20.0. The molecule has 0 N–H and O–H groups in total. The molecule has 0 saturated carbocycles. The fourth-order valence-electron chi connectivity index (χ4n) is 3.37. The highest BCUT2D eigenvalue weighted by molar-refractivity contribution is 7.99. The van der Waals surface area contributed by atoms with Crippen molar-refractivity contribution >= 4 is 17.8 Å². The lowest BCUT2D eigenvalue weighted by Gasteiger charge is -2.30. The van der Waals surface area contributed by atoms with Crippen molar-refractivity contribution < 1.29 is 0 Å². The van der Waals surface area contributed by atoms with Gasteiger partial charge in [0, 0.05) is 9.79 Å². The van der Waals surface area contributed by atoms with Gasteiger partial charge >= 0.3 is 0 Å². The summed E-state index contributed by atoms with van der Waals surface area (Å²) in [6.45, 7) is 4.35. The maximum absolute atomic E-state index is 9.19. The summed E-state index contributed by atoms with van der Waals surface area (Å²) in [5.41, 5.74) is 3.39. The Morgan fingerprint density at radius 2 is 1.54 bits per heavy atom. The SMILES string of the molecule is CC1(C)CC(/C=C/c2ccc(Sc3ccccc3)cc2)=CC(=C(C#N)C#N)C1. The highest BCUT2D eigenvalue weighted by Gasteiger charge is 2.26. The van der Waals surface area contributed by atoms with Crippen LogP contribution in [0.4, 0.5) is 0 Å². The third-order valence-corrected chi connectivity index (χ3v) is 5.62. The molecule has 0 bridgehead atoms. The molecular formula is C25H22N2S. The fraction of sp³-hybridized carbons (Fsp3) is 0.200. The van der Waals surface area contributed by atoms with Gasteiger partial charge in [-0.25, -0.2) is 0 Å². The first-order chi connectivity index (χ1) is 13.5. The fourth-order valence-corrected chi connectivity index (χ4v) is 4.21. The standard InChI is InChI=1S/C25H22N2S/c1-25(2)15-20(14-21(16-25)22(17-26)18-27)9-8-19-10-12-24(13-11-19)28-23-6-4-3-5-7-23/h3-14H,15-16H2,1-2H3/b9-8+. The van der Waals surface area contributed by atoms with E-state index in [1.54, 1.807) is 11.8 Å². The number of hydrogen-bond donors (Lipinski definition) is 0. The highest BCUT2D eigenvalue weighted by atomic mass is 32.2. The molecule has 2 aromatic carbocycles. The van der Waals surface area contributed by atoms with Gasteiger partial charge in [-0.2, -0.15) is 10.5 Å². The van der Waals surface area contributed by atoms with Crippen LogP contribution in [0.1, 0.15) is 32.3 Å². The Kier molecular flexibility index (Phi) is 6.19. The van der Waals surface area contributed by atoms with Crippen molar-refractivity contribution in [3.63, 3.8) is 0 Å². The van der Waals surface area contributed by atoms with Crippen LogP contribution in [0.2, 0.25) is 0 Å². The quantitative estimate of drug-likeness (QED) is 0.538. The van der Waals surface area contributed by atoms with E-state index < -0.39 is 0 Å². The first-order valence-electron chi connectivity index (χ1n) is 9.24. The molecule has 0 radical (unpaired) electrons. The van der Waals surface area contributed by atoms with Crippen LogP contribution < -0.4 is 0 Å². The molecule has 0 spiro atoms. The molecule has 0 aromatic heterocycles. The third kappa shape index (κ3) is 5.26. The van der Waals surface area contributed by atoms with Gasteiger partial charge in [0.15, 0.2) is 0 Å². The van der Waals surface area contributed by atoms with E-state index in [1.807, 2.05) is 36.4 Å². The summed E-state index contributed by atoms with van der Waals surface area (Å²) >= 11 is 1.75. The van der Waals surface area contributed by atoms with Crippen molar-refractivity contribution in [1.29, 1.82) is 10.5 Å². The average molecular weight is 383 g/mol. The summed E-state index contributed by atoms with van der Waals surface area (Å²) in [7, 11) is 0. The van der Waals surface area contributed by atoms with Crippen LogP contribution >= 0.6 is 11.8 Å². The lowest BCUT2D eigenvalue weighted by Crippen LogP contribution is -2.17. The normalized spacial score (nSPS) is 15.6. The van der Waals surface area contributed by atoms with Crippen molar-refractivity contribution in [3.8, 4) is 12.1 Å². The van der Waals surface area contributed by atoms with Gasteiger partial charge in [0.25, 0.3) is 0 Å². The lowest BCUT2D eigenvalue weighted by molar-refractivity contribution is 0.354. The Morgan fingerprint density at radius 3 is 2.18 bits per heavy atom. The van der Waals surface area contributed by atoms with Crippen molar-refractivity contribution in [2.45, 2.75) is 36.5 Å². The van der Waals surface area contributed by atoms with Crippen LogP contribution in [-0.4, -0.2) is 0 Å². The summed E-state index contributed by atoms with van der Waals surface area (Å²) < 4.78 is 0. The second kappa shape index (κ2) is 8.79. The van der Waals surface area contributed by atoms with Crippen LogP contribution in [-0.2, 0) is 0 Å². The van der Waals surface area contributed by atoms with Crippen LogP contribution in [0.15, 0.2) is 93.3 Å². The monoisotopic (exact) mass is 382 g/mol. The predicted octanol–water partition coefficient (Wildman–Crippen LogP) is 6.94. The molecule has 0 saturated heterocycles. The molecule has 0 aliphatic heterocycles. The molecule has 28 heavy (non-hydrogen) atoms. The maximum Gasteiger partial charge on any atom is 0.132 e.